The zero-order valence-corrected chi connectivity index (χ0v) is 15.0. The number of benzene rings is 1. The summed E-state index contributed by atoms with van der Waals surface area (Å²) in [5, 5.41) is 37.3. The highest BCUT2D eigenvalue weighted by atomic mass is 19.4. The Morgan fingerprint density at radius 1 is 1.17 bits per heavy atom. The van der Waals surface area contributed by atoms with E-state index < -0.39 is 54.6 Å². The summed E-state index contributed by atoms with van der Waals surface area (Å²) in [6.07, 6.45) is -8.88. The molecule has 0 radical (unpaired) electrons. The van der Waals surface area contributed by atoms with Gasteiger partial charge in [-0.1, -0.05) is 0 Å². The van der Waals surface area contributed by atoms with Crippen molar-refractivity contribution in [2.45, 2.75) is 37.5 Å². The summed E-state index contributed by atoms with van der Waals surface area (Å²) in [5.74, 6) is -0.978. The first-order chi connectivity index (χ1) is 13.5. The number of aliphatic hydroxyl groups excluding tert-OH is 3. The van der Waals surface area contributed by atoms with Crippen LogP contribution in [0.25, 0.3) is 0 Å². The lowest BCUT2D eigenvalue weighted by Crippen LogP contribution is -2.62. The molecule has 0 bridgehead atoms. The zero-order valence-electron chi connectivity index (χ0n) is 15.0. The molecule has 4 atom stereocenters. The highest BCUT2D eigenvalue weighted by Gasteiger charge is 2.43. The third-order valence-electron chi connectivity index (χ3n) is 3.89. The van der Waals surface area contributed by atoms with Gasteiger partial charge in [-0.3, -0.25) is 4.79 Å². The van der Waals surface area contributed by atoms with Gasteiger partial charge in [-0.25, -0.2) is 10.2 Å². The van der Waals surface area contributed by atoms with E-state index in [0.29, 0.717) is 0 Å². The second-order valence-electron chi connectivity index (χ2n) is 6.09. The molecule has 10 nitrogen and oxygen atoms in total. The van der Waals surface area contributed by atoms with Gasteiger partial charge in [0.25, 0.3) is 0 Å². The summed E-state index contributed by atoms with van der Waals surface area (Å²) in [7, 11) is 0. The third-order valence-corrected chi connectivity index (χ3v) is 3.89. The van der Waals surface area contributed by atoms with E-state index in [1.807, 2.05) is 5.43 Å². The van der Waals surface area contributed by atoms with Crippen molar-refractivity contribution in [1.29, 1.82) is 0 Å². The molecule has 1 saturated heterocycles. The van der Waals surface area contributed by atoms with E-state index in [1.54, 1.807) is 0 Å². The van der Waals surface area contributed by atoms with E-state index in [-0.39, 0.29) is 11.6 Å². The van der Waals surface area contributed by atoms with Crippen LogP contribution in [0.5, 0.6) is 0 Å². The second kappa shape index (κ2) is 9.07. The Labute approximate surface area is 162 Å². The fraction of sp³-hybridized carbons (Fsp3) is 0.438. The molecule has 1 heterocycles. The Morgan fingerprint density at radius 3 is 2.31 bits per heavy atom. The highest BCUT2D eigenvalue weighted by Crippen LogP contribution is 2.29. The molecule has 1 aromatic rings. The number of amides is 3. The monoisotopic (exact) mass is 420 g/mol. The van der Waals surface area contributed by atoms with E-state index >= 15 is 0 Å². The van der Waals surface area contributed by atoms with E-state index in [9.17, 15) is 38.1 Å². The molecule has 1 aliphatic rings. The maximum Gasteiger partial charge on any atom is 0.416 e. The van der Waals surface area contributed by atoms with Gasteiger partial charge >= 0.3 is 12.2 Å². The van der Waals surface area contributed by atoms with Crippen LogP contribution in [0.3, 0.4) is 0 Å². The molecule has 1 fully saturated rings. The van der Waals surface area contributed by atoms with Gasteiger partial charge in [0.2, 0.25) is 11.8 Å². The highest BCUT2D eigenvalue weighted by molar-refractivity contribution is 5.92. The number of hydrogen-bond acceptors (Lipinski definition) is 7. The van der Waals surface area contributed by atoms with E-state index in [1.165, 1.54) is 0 Å². The third kappa shape index (κ3) is 5.79. The van der Waals surface area contributed by atoms with Gasteiger partial charge in [-0.05, 0) is 24.3 Å². The average Bonchev–Trinajstić information content (AvgIpc) is 2.64. The Morgan fingerprint density at radius 2 is 1.79 bits per heavy atom. The summed E-state index contributed by atoms with van der Waals surface area (Å²) < 4.78 is 42.8. The Kier molecular flexibility index (Phi) is 7.00. The van der Waals surface area contributed by atoms with Gasteiger partial charge in [0.1, 0.15) is 18.2 Å². The van der Waals surface area contributed by atoms with Crippen LogP contribution in [-0.2, 0) is 15.7 Å². The number of ether oxygens (including phenoxy) is 1. The molecular formula is C16H19F3N4O6. The molecule has 0 unspecified atom stereocenters. The van der Waals surface area contributed by atoms with Crippen molar-refractivity contribution in [2.24, 2.45) is 5.10 Å². The Balaban J connectivity index is 2.08. The molecule has 0 spiro atoms. The van der Waals surface area contributed by atoms with Crippen molar-refractivity contribution >= 4 is 23.5 Å². The number of anilines is 1. The zero-order chi connectivity index (χ0) is 21.8. The molecule has 13 heteroatoms. The lowest BCUT2D eigenvalue weighted by atomic mass is 9.97. The van der Waals surface area contributed by atoms with Crippen molar-refractivity contribution in [1.82, 2.24) is 10.7 Å². The van der Waals surface area contributed by atoms with E-state index in [0.717, 1.165) is 31.2 Å². The molecule has 3 amide bonds. The minimum Gasteiger partial charge on any atom is -0.470 e. The fourth-order valence-corrected chi connectivity index (χ4v) is 2.48. The van der Waals surface area contributed by atoms with Crippen LogP contribution >= 0.6 is 0 Å². The van der Waals surface area contributed by atoms with Crippen LogP contribution in [0.1, 0.15) is 12.5 Å². The van der Waals surface area contributed by atoms with Crippen LogP contribution in [0.15, 0.2) is 29.4 Å². The normalized spacial score (nSPS) is 25.8. The van der Waals surface area contributed by atoms with E-state index in [4.69, 9.17) is 4.74 Å². The van der Waals surface area contributed by atoms with E-state index in [2.05, 4.69) is 15.7 Å². The van der Waals surface area contributed by atoms with Crippen LogP contribution < -0.4 is 16.1 Å². The van der Waals surface area contributed by atoms with Crippen LogP contribution in [-0.4, -0.2) is 64.1 Å². The average molecular weight is 420 g/mol. The number of nitrogens with zero attached hydrogens (tertiary/aromatic N) is 1. The summed E-state index contributed by atoms with van der Waals surface area (Å²) in [6, 6.07) is 1.37. The molecular weight excluding hydrogens is 401 g/mol. The summed E-state index contributed by atoms with van der Waals surface area (Å²) >= 11 is 0. The minimum absolute atomic E-state index is 0.0439. The summed E-state index contributed by atoms with van der Waals surface area (Å²) in [6.45, 7) is 0.460. The number of hydrogen-bond donors (Lipinski definition) is 6. The number of halogens is 3. The van der Waals surface area contributed by atoms with Gasteiger partial charge in [-0.2, -0.15) is 13.2 Å². The van der Waals surface area contributed by atoms with Crippen molar-refractivity contribution in [3.8, 4) is 0 Å². The van der Waals surface area contributed by atoms with Crippen molar-refractivity contribution in [2.75, 3.05) is 11.9 Å². The first kappa shape index (κ1) is 22.4. The number of carbonyl (C=O) groups excluding carboxylic acids is 2. The van der Waals surface area contributed by atoms with Gasteiger partial charge in [-0.15, -0.1) is 5.10 Å². The van der Waals surface area contributed by atoms with Crippen molar-refractivity contribution < 1.29 is 42.8 Å². The topological polar surface area (TPSA) is 153 Å². The lowest BCUT2D eigenvalue weighted by Gasteiger charge is -2.37. The van der Waals surface area contributed by atoms with Gasteiger partial charge in [0, 0.05) is 12.6 Å². The molecule has 1 aromatic carbocycles. The summed E-state index contributed by atoms with van der Waals surface area (Å²) in [4.78, 5) is 23.2. The molecule has 160 valence electrons. The molecule has 0 saturated carbocycles. The Hall–Kier alpha value is -2.90. The number of carbonyl (C=O) groups is 2. The number of aliphatic hydroxyl groups is 3. The van der Waals surface area contributed by atoms with Crippen molar-refractivity contribution in [3.63, 3.8) is 0 Å². The Bertz CT molecular complexity index is 771. The molecule has 0 aliphatic carbocycles. The number of alkyl halides is 3. The molecule has 0 aromatic heterocycles. The summed E-state index contributed by atoms with van der Waals surface area (Å²) in [5.41, 5.74) is 1.15. The van der Waals surface area contributed by atoms with Crippen LogP contribution in [0.4, 0.5) is 23.7 Å². The molecule has 2 rings (SSSR count). The fourth-order valence-electron chi connectivity index (χ4n) is 2.48. The largest absolute Gasteiger partial charge is 0.470 e. The maximum atomic E-state index is 12.5. The number of nitrogens with one attached hydrogen (secondary N) is 3. The first-order valence-electron chi connectivity index (χ1n) is 8.25. The number of urea groups is 1. The number of rotatable bonds is 4. The predicted octanol–water partition coefficient (Wildman–Crippen LogP) is -0.242. The lowest BCUT2D eigenvalue weighted by molar-refractivity contribution is -0.137. The number of hydrazone groups is 1. The smallest absolute Gasteiger partial charge is 0.416 e. The van der Waals surface area contributed by atoms with Crippen LogP contribution in [0, 0.1) is 0 Å². The second-order valence-corrected chi connectivity index (χ2v) is 6.09. The molecule has 1 aliphatic heterocycles. The van der Waals surface area contributed by atoms with Gasteiger partial charge in [0.15, 0.2) is 6.10 Å². The standard InChI is InChI=1S/C16H19F3N4O6/c1-7(25)20-11-13(27)12(26)10(6-24)29-14(11)22-23-15(28)21-9-4-2-8(3-5-9)16(17,18)19/h2-5,10-13,24,26-27H,6H2,1H3,(H,20,25)(H2,21,23,28)/b22-14-/t10-,11-,12-,13-/m1/s1. The SMILES string of the molecule is CC(=O)N[C@H]1/C(=N/NC(=O)Nc2ccc(C(F)(F)F)cc2)O[C@H](CO)[C@@H](O)[C@@H]1O. The minimum atomic E-state index is -4.52. The quantitative estimate of drug-likeness (QED) is 0.370. The van der Waals surface area contributed by atoms with Crippen molar-refractivity contribution in [3.05, 3.63) is 29.8 Å². The maximum absolute atomic E-state index is 12.5. The predicted molar refractivity (Wildman–Crippen MR) is 92.6 cm³/mol. The van der Waals surface area contributed by atoms with Crippen LogP contribution in [0.2, 0.25) is 0 Å². The molecule has 6 N–H and O–H groups in total. The van der Waals surface area contributed by atoms with Gasteiger partial charge < -0.3 is 30.7 Å². The van der Waals surface area contributed by atoms with Gasteiger partial charge in [0.05, 0.1) is 12.2 Å². The first-order valence-corrected chi connectivity index (χ1v) is 8.25. The molecule has 29 heavy (non-hydrogen) atoms.